The third-order valence-electron chi connectivity index (χ3n) is 3.48. The van der Waals surface area contributed by atoms with Gasteiger partial charge in [0.2, 0.25) is 0 Å². The minimum atomic E-state index is -1.06. The molecule has 1 aromatic carbocycles. The van der Waals surface area contributed by atoms with Gasteiger partial charge in [-0.2, -0.15) is 0 Å². The summed E-state index contributed by atoms with van der Waals surface area (Å²) in [5, 5.41) is 2.59. The van der Waals surface area contributed by atoms with Gasteiger partial charge in [0.25, 0.3) is 5.91 Å². The maximum atomic E-state index is 13.4. The Balaban J connectivity index is 3.07. The number of methoxy groups -OCH3 is 1. The van der Waals surface area contributed by atoms with E-state index < -0.39 is 6.17 Å². The van der Waals surface area contributed by atoms with Gasteiger partial charge in [-0.15, -0.1) is 0 Å². The molecule has 5 nitrogen and oxygen atoms in total. The lowest BCUT2D eigenvalue weighted by atomic mass is 10.1. The molecule has 0 aliphatic heterocycles. The third-order valence-corrected chi connectivity index (χ3v) is 3.48. The Morgan fingerprint density at radius 2 is 2.12 bits per heavy atom. The van der Waals surface area contributed by atoms with Crippen LogP contribution in [0.15, 0.2) is 17.1 Å². The molecule has 0 aliphatic rings. The summed E-state index contributed by atoms with van der Waals surface area (Å²) in [5.41, 5.74) is 0.797. The van der Waals surface area contributed by atoms with Gasteiger partial charge in [-0.3, -0.25) is 9.79 Å². The maximum absolute atomic E-state index is 13.4. The summed E-state index contributed by atoms with van der Waals surface area (Å²) in [6, 6.07) is 3.26. The highest BCUT2D eigenvalue weighted by atomic mass is 19.1. The first kappa shape index (κ1) is 19.9. The number of nitrogens with one attached hydrogen (secondary N) is 1. The first-order chi connectivity index (χ1) is 11.6. The standard InChI is InChI=1S/C18H27FN2O3/c1-5-8-9-24-17-11-15(20-7-3)14(10-16(17)23-4)18(22)21-12-13(19)6-2/h7,10-11,13H,5-6,8-9,12H2,1-4H3,(H,21,22)/t13-/m1/s1. The van der Waals surface area contributed by atoms with Crippen LogP contribution >= 0.6 is 0 Å². The number of unbranched alkanes of at least 4 members (excludes halogenated alkanes) is 1. The number of hydrogen-bond acceptors (Lipinski definition) is 4. The number of alkyl halides is 1. The number of aliphatic imine (C=N–C) groups is 1. The van der Waals surface area contributed by atoms with Crippen molar-refractivity contribution in [3.05, 3.63) is 17.7 Å². The van der Waals surface area contributed by atoms with Gasteiger partial charge >= 0.3 is 0 Å². The summed E-state index contributed by atoms with van der Waals surface area (Å²) >= 11 is 0. The number of ether oxygens (including phenoxy) is 2. The Kier molecular flexibility index (Phi) is 8.83. The number of halogens is 1. The lowest BCUT2D eigenvalue weighted by Crippen LogP contribution is -2.30. The summed E-state index contributed by atoms with van der Waals surface area (Å²) in [7, 11) is 1.52. The number of rotatable bonds is 10. The molecule has 0 spiro atoms. The normalized spacial score (nSPS) is 12.2. The molecule has 24 heavy (non-hydrogen) atoms. The molecule has 134 valence electrons. The molecule has 1 rings (SSSR count). The van der Waals surface area contributed by atoms with Crippen LogP contribution in [-0.2, 0) is 0 Å². The number of nitrogens with zero attached hydrogens (tertiary/aromatic N) is 1. The van der Waals surface area contributed by atoms with Crippen LogP contribution in [0.2, 0.25) is 0 Å². The highest BCUT2D eigenvalue weighted by Gasteiger charge is 2.17. The zero-order valence-corrected chi connectivity index (χ0v) is 14.9. The lowest BCUT2D eigenvalue weighted by molar-refractivity contribution is 0.0941. The molecule has 0 bridgehead atoms. The SMILES string of the molecule is CC=Nc1cc(OCCCC)c(OC)cc1C(=O)NC[C@H](F)CC. The zero-order chi connectivity index (χ0) is 17.9. The average Bonchev–Trinajstić information content (AvgIpc) is 2.60. The summed E-state index contributed by atoms with van der Waals surface area (Å²) in [5.74, 6) is 0.615. The fraction of sp³-hybridized carbons (Fsp3) is 0.556. The van der Waals surface area contributed by atoms with E-state index in [9.17, 15) is 9.18 Å². The molecular formula is C18H27FN2O3. The molecule has 0 radical (unpaired) electrons. The first-order valence-electron chi connectivity index (χ1n) is 8.33. The van der Waals surface area contributed by atoms with Crippen molar-refractivity contribution in [2.75, 3.05) is 20.3 Å². The Bertz CT molecular complexity index is 561. The number of carbonyl (C=O) groups is 1. The van der Waals surface area contributed by atoms with Crippen molar-refractivity contribution in [2.24, 2.45) is 4.99 Å². The van der Waals surface area contributed by atoms with Gasteiger partial charge < -0.3 is 14.8 Å². The van der Waals surface area contributed by atoms with Crippen LogP contribution < -0.4 is 14.8 Å². The molecule has 0 heterocycles. The molecule has 1 N–H and O–H groups in total. The quantitative estimate of drug-likeness (QED) is 0.517. The zero-order valence-electron chi connectivity index (χ0n) is 14.9. The summed E-state index contributed by atoms with van der Waals surface area (Å²) in [4.78, 5) is 16.6. The van der Waals surface area contributed by atoms with Gasteiger partial charge in [0.05, 0.1) is 25.0 Å². The van der Waals surface area contributed by atoms with E-state index in [4.69, 9.17) is 9.47 Å². The van der Waals surface area contributed by atoms with E-state index in [1.165, 1.54) is 7.11 Å². The van der Waals surface area contributed by atoms with Crippen molar-refractivity contribution in [3.63, 3.8) is 0 Å². The smallest absolute Gasteiger partial charge is 0.253 e. The van der Waals surface area contributed by atoms with Crippen LogP contribution in [0, 0.1) is 0 Å². The van der Waals surface area contributed by atoms with Crippen LogP contribution in [0.25, 0.3) is 0 Å². The molecule has 0 saturated heterocycles. The van der Waals surface area contributed by atoms with Gasteiger partial charge in [0, 0.05) is 18.8 Å². The van der Waals surface area contributed by atoms with Crippen molar-refractivity contribution in [3.8, 4) is 11.5 Å². The van der Waals surface area contributed by atoms with Crippen molar-refractivity contribution < 1.29 is 18.7 Å². The molecule has 0 saturated carbocycles. The van der Waals surface area contributed by atoms with E-state index in [-0.39, 0.29) is 12.5 Å². The van der Waals surface area contributed by atoms with E-state index in [0.717, 1.165) is 12.8 Å². The fourth-order valence-corrected chi connectivity index (χ4v) is 2.02. The van der Waals surface area contributed by atoms with Crippen LogP contribution in [-0.4, -0.2) is 38.6 Å². The molecule has 0 unspecified atom stereocenters. The van der Waals surface area contributed by atoms with E-state index in [1.54, 1.807) is 32.2 Å². The van der Waals surface area contributed by atoms with Crippen LogP contribution in [0.1, 0.15) is 50.4 Å². The molecule has 1 amide bonds. The van der Waals surface area contributed by atoms with Gasteiger partial charge in [-0.05, 0) is 25.8 Å². The minimum absolute atomic E-state index is 0.0261. The van der Waals surface area contributed by atoms with Gasteiger partial charge in [0.15, 0.2) is 11.5 Å². The van der Waals surface area contributed by atoms with Crippen LogP contribution in [0.4, 0.5) is 10.1 Å². The van der Waals surface area contributed by atoms with Gasteiger partial charge in [0.1, 0.15) is 6.17 Å². The predicted octanol–water partition coefficient (Wildman–Crippen LogP) is 4.07. The number of amides is 1. The van der Waals surface area contributed by atoms with E-state index >= 15 is 0 Å². The average molecular weight is 338 g/mol. The Morgan fingerprint density at radius 1 is 1.38 bits per heavy atom. The second-order valence-corrected chi connectivity index (χ2v) is 5.33. The highest BCUT2D eigenvalue weighted by Crippen LogP contribution is 2.35. The summed E-state index contributed by atoms with van der Waals surface area (Å²) in [6.45, 7) is 6.11. The highest BCUT2D eigenvalue weighted by molar-refractivity contribution is 6.00. The Morgan fingerprint density at radius 3 is 2.71 bits per heavy atom. The number of carbonyl (C=O) groups excluding carboxylic acids is 1. The molecule has 6 heteroatoms. The summed E-state index contributed by atoms with van der Waals surface area (Å²) in [6.07, 6.45) is 2.83. The van der Waals surface area contributed by atoms with Gasteiger partial charge in [-0.25, -0.2) is 4.39 Å². The van der Waals surface area contributed by atoms with E-state index in [0.29, 0.717) is 35.8 Å². The number of benzene rings is 1. The Labute approximate surface area is 143 Å². The van der Waals surface area contributed by atoms with E-state index in [1.807, 2.05) is 0 Å². The van der Waals surface area contributed by atoms with Crippen LogP contribution in [0.3, 0.4) is 0 Å². The Hall–Kier alpha value is -2.11. The number of hydrogen-bond donors (Lipinski definition) is 1. The van der Waals surface area contributed by atoms with Crippen LogP contribution in [0.5, 0.6) is 11.5 Å². The second kappa shape index (κ2) is 10.6. The van der Waals surface area contributed by atoms with Crippen molar-refractivity contribution in [2.45, 2.75) is 46.2 Å². The fourth-order valence-electron chi connectivity index (χ4n) is 2.02. The third kappa shape index (κ3) is 5.83. The monoisotopic (exact) mass is 338 g/mol. The first-order valence-corrected chi connectivity index (χ1v) is 8.33. The molecule has 1 aromatic rings. The molecule has 0 aromatic heterocycles. The lowest BCUT2D eigenvalue weighted by Gasteiger charge is -2.15. The second-order valence-electron chi connectivity index (χ2n) is 5.33. The molecule has 0 fully saturated rings. The minimum Gasteiger partial charge on any atom is -0.493 e. The summed E-state index contributed by atoms with van der Waals surface area (Å²) < 4.78 is 24.4. The van der Waals surface area contributed by atoms with Crippen molar-refractivity contribution in [1.29, 1.82) is 0 Å². The van der Waals surface area contributed by atoms with Crippen molar-refractivity contribution >= 4 is 17.8 Å². The molecule has 0 aliphatic carbocycles. The predicted molar refractivity (Wildman–Crippen MR) is 94.7 cm³/mol. The van der Waals surface area contributed by atoms with E-state index in [2.05, 4.69) is 17.2 Å². The molecule has 1 atom stereocenters. The van der Waals surface area contributed by atoms with Crippen molar-refractivity contribution in [1.82, 2.24) is 5.32 Å². The molecular weight excluding hydrogens is 311 g/mol. The largest absolute Gasteiger partial charge is 0.493 e. The maximum Gasteiger partial charge on any atom is 0.253 e. The topological polar surface area (TPSA) is 59.9 Å². The van der Waals surface area contributed by atoms with Gasteiger partial charge in [-0.1, -0.05) is 20.3 Å².